The first-order valence-electron chi connectivity index (χ1n) is 5.40. The maximum absolute atomic E-state index is 13.6. The number of ether oxygens (including phenoxy) is 1. The lowest BCUT2D eigenvalue weighted by atomic mass is 10.2. The second-order valence-corrected chi connectivity index (χ2v) is 5.44. The summed E-state index contributed by atoms with van der Waals surface area (Å²) in [6, 6.07) is 12.7. The second-order valence-electron chi connectivity index (χ2n) is 3.68. The van der Waals surface area contributed by atoms with Crippen molar-refractivity contribution in [1.29, 1.82) is 0 Å². The van der Waals surface area contributed by atoms with E-state index in [0.29, 0.717) is 5.56 Å². The molecule has 0 aromatic heterocycles. The molecule has 0 atom stereocenters. The molecular weight excluding hydrogens is 315 g/mol. The quantitative estimate of drug-likeness (QED) is 0.740. The molecule has 0 fully saturated rings. The van der Waals surface area contributed by atoms with Crippen molar-refractivity contribution in [1.82, 2.24) is 0 Å². The number of para-hydroxylation sites is 1. The van der Waals surface area contributed by atoms with Crippen LogP contribution in [0.2, 0.25) is 0 Å². The van der Waals surface area contributed by atoms with Gasteiger partial charge in [-0.1, -0.05) is 34.1 Å². The van der Waals surface area contributed by atoms with Crippen molar-refractivity contribution < 1.29 is 9.13 Å². The van der Waals surface area contributed by atoms with Gasteiger partial charge in [0.1, 0.15) is 18.2 Å². The van der Waals surface area contributed by atoms with Crippen LogP contribution >= 0.6 is 27.7 Å². The smallest absolute Gasteiger partial charge is 0.133 e. The molecule has 2 aromatic rings. The predicted octanol–water partition coefficient (Wildman–Crippen LogP) is 4.89. The molecule has 0 saturated heterocycles. The molecule has 4 heteroatoms. The van der Waals surface area contributed by atoms with E-state index < -0.39 is 0 Å². The van der Waals surface area contributed by atoms with Gasteiger partial charge in [-0.15, -0.1) is 11.8 Å². The van der Waals surface area contributed by atoms with Gasteiger partial charge in [0.25, 0.3) is 0 Å². The first-order valence-corrected chi connectivity index (χ1v) is 7.42. The van der Waals surface area contributed by atoms with Gasteiger partial charge in [0.2, 0.25) is 0 Å². The first-order chi connectivity index (χ1) is 8.70. The van der Waals surface area contributed by atoms with E-state index in [2.05, 4.69) is 15.9 Å². The standard InChI is InChI=1S/C14H12BrFOS/c1-18-14-5-3-2-4-13(14)17-9-10-6-7-11(15)8-12(10)16/h2-8H,9H2,1H3. The van der Waals surface area contributed by atoms with E-state index in [4.69, 9.17) is 4.74 Å². The Morgan fingerprint density at radius 1 is 1.22 bits per heavy atom. The summed E-state index contributed by atoms with van der Waals surface area (Å²) >= 11 is 4.84. The Morgan fingerprint density at radius 2 is 2.00 bits per heavy atom. The minimum atomic E-state index is -0.258. The van der Waals surface area contributed by atoms with Gasteiger partial charge < -0.3 is 4.74 Å². The predicted molar refractivity (Wildman–Crippen MR) is 76.7 cm³/mol. The molecule has 0 unspecified atom stereocenters. The van der Waals surface area contributed by atoms with Gasteiger partial charge in [0, 0.05) is 14.9 Å². The molecule has 1 nitrogen and oxygen atoms in total. The topological polar surface area (TPSA) is 9.23 Å². The van der Waals surface area contributed by atoms with E-state index in [0.717, 1.165) is 15.1 Å². The highest BCUT2D eigenvalue weighted by Gasteiger charge is 2.06. The highest BCUT2D eigenvalue weighted by Crippen LogP contribution is 2.28. The average Bonchev–Trinajstić information content (AvgIpc) is 2.38. The van der Waals surface area contributed by atoms with E-state index in [1.165, 1.54) is 6.07 Å². The Bertz CT molecular complexity index is 545. The van der Waals surface area contributed by atoms with E-state index in [-0.39, 0.29) is 12.4 Å². The van der Waals surface area contributed by atoms with Gasteiger partial charge in [-0.3, -0.25) is 0 Å². The second kappa shape index (κ2) is 6.25. The fourth-order valence-corrected chi connectivity index (χ4v) is 2.41. The van der Waals surface area contributed by atoms with Gasteiger partial charge in [-0.05, 0) is 30.5 Å². The summed E-state index contributed by atoms with van der Waals surface area (Å²) in [5.74, 6) is 0.526. The fraction of sp³-hybridized carbons (Fsp3) is 0.143. The molecule has 18 heavy (non-hydrogen) atoms. The lowest BCUT2D eigenvalue weighted by Gasteiger charge is -2.10. The monoisotopic (exact) mass is 326 g/mol. The van der Waals surface area contributed by atoms with Crippen molar-refractivity contribution in [2.45, 2.75) is 11.5 Å². The van der Waals surface area contributed by atoms with Crippen molar-refractivity contribution >= 4 is 27.7 Å². The van der Waals surface area contributed by atoms with Crippen LogP contribution in [0.1, 0.15) is 5.56 Å². The van der Waals surface area contributed by atoms with Crippen LogP contribution in [0.4, 0.5) is 4.39 Å². The third kappa shape index (κ3) is 3.27. The molecule has 0 aliphatic rings. The first kappa shape index (κ1) is 13.4. The summed E-state index contributed by atoms with van der Waals surface area (Å²) in [5.41, 5.74) is 0.550. The van der Waals surface area contributed by atoms with Gasteiger partial charge in [0.05, 0.1) is 0 Å². The minimum absolute atomic E-state index is 0.233. The largest absolute Gasteiger partial charge is 0.488 e. The zero-order valence-electron chi connectivity index (χ0n) is 9.82. The Kier molecular flexibility index (Phi) is 4.66. The van der Waals surface area contributed by atoms with E-state index in [1.807, 2.05) is 36.6 Å². The molecule has 0 aliphatic heterocycles. The lowest BCUT2D eigenvalue weighted by molar-refractivity contribution is 0.293. The normalized spacial score (nSPS) is 10.4. The average molecular weight is 327 g/mol. The van der Waals surface area contributed by atoms with Crippen LogP contribution in [0.25, 0.3) is 0 Å². The molecular formula is C14H12BrFOS. The highest BCUT2D eigenvalue weighted by molar-refractivity contribution is 9.10. The molecule has 0 N–H and O–H groups in total. The zero-order chi connectivity index (χ0) is 13.0. The highest BCUT2D eigenvalue weighted by atomic mass is 79.9. The van der Waals surface area contributed by atoms with Crippen LogP contribution in [0.15, 0.2) is 51.8 Å². The third-order valence-corrected chi connectivity index (χ3v) is 3.74. The Labute approximate surface area is 118 Å². The minimum Gasteiger partial charge on any atom is -0.488 e. The summed E-state index contributed by atoms with van der Waals surface area (Å²) in [6.07, 6.45) is 1.99. The molecule has 0 aliphatic carbocycles. The lowest BCUT2D eigenvalue weighted by Crippen LogP contribution is -1.99. The number of halogens is 2. The van der Waals surface area contributed by atoms with Crippen molar-refractivity contribution in [2.24, 2.45) is 0 Å². The molecule has 0 amide bonds. The summed E-state index contributed by atoms with van der Waals surface area (Å²) in [6.45, 7) is 0.233. The maximum atomic E-state index is 13.6. The summed E-state index contributed by atoms with van der Waals surface area (Å²) in [5, 5.41) is 0. The Morgan fingerprint density at radius 3 is 2.72 bits per heavy atom. The van der Waals surface area contributed by atoms with Crippen LogP contribution < -0.4 is 4.74 Å². The molecule has 2 aromatic carbocycles. The van der Waals surface area contributed by atoms with Gasteiger partial charge in [0.15, 0.2) is 0 Å². The Balaban J connectivity index is 2.11. The molecule has 2 rings (SSSR count). The van der Waals surface area contributed by atoms with Crippen LogP contribution in [0, 0.1) is 5.82 Å². The van der Waals surface area contributed by atoms with Crippen molar-refractivity contribution in [2.75, 3.05) is 6.26 Å². The number of thioether (sulfide) groups is 1. The van der Waals surface area contributed by atoms with Crippen LogP contribution in [-0.4, -0.2) is 6.26 Å². The van der Waals surface area contributed by atoms with Crippen molar-refractivity contribution in [3.05, 3.63) is 58.3 Å². The molecule has 0 spiro atoms. The molecule has 0 bridgehead atoms. The molecule has 0 heterocycles. The summed E-state index contributed by atoms with van der Waals surface area (Å²) in [4.78, 5) is 1.05. The SMILES string of the molecule is CSc1ccccc1OCc1ccc(Br)cc1F. The maximum Gasteiger partial charge on any atom is 0.133 e. The summed E-state index contributed by atoms with van der Waals surface area (Å²) in [7, 11) is 0. The van der Waals surface area contributed by atoms with Crippen LogP contribution in [-0.2, 0) is 6.61 Å². The number of benzene rings is 2. The van der Waals surface area contributed by atoms with Gasteiger partial charge in [-0.25, -0.2) is 4.39 Å². The van der Waals surface area contributed by atoms with E-state index in [1.54, 1.807) is 17.8 Å². The van der Waals surface area contributed by atoms with Gasteiger partial charge >= 0.3 is 0 Å². The van der Waals surface area contributed by atoms with Crippen LogP contribution in [0.3, 0.4) is 0 Å². The van der Waals surface area contributed by atoms with Crippen LogP contribution in [0.5, 0.6) is 5.75 Å². The summed E-state index contributed by atoms with van der Waals surface area (Å²) < 4.78 is 20.0. The van der Waals surface area contributed by atoms with Gasteiger partial charge in [-0.2, -0.15) is 0 Å². The number of rotatable bonds is 4. The van der Waals surface area contributed by atoms with Crippen molar-refractivity contribution in [3.8, 4) is 5.75 Å². The van der Waals surface area contributed by atoms with E-state index >= 15 is 0 Å². The fourth-order valence-electron chi connectivity index (χ4n) is 1.53. The molecule has 0 saturated carbocycles. The van der Waals surface area contributed by atoms with Crippen molar-refractivity contribution in [3.63, 3.8) is 0 Å². The molecule has 94 valence electrons. The third-order valence-electron chi connectivity index (χ3n) is 2.47. The zero-order valence-corrected chi connectivity index (χ0v) is 12.2. The Hall–Kier alpha value is -1.00. The molecule has 0 radical (unpaired) electrons. The number of hydrogen-bond donors (Lipinski definition) is 0. The number of hydrogen-bond acceptors (Lipinski definition) is 2. The van der Waals surface area contributed by atoms with E-state index in [9.17, 15) is 4.39 Å².